The van der Waals surface area contributed by atoms with Crippen LogP contribution in [-0.4, -0.2) is 68.5 Å². The van der Waals surface area contributed by atoms with Gasteiger partial charge in [-0.2, -0.15) is 0 Å². The summed E-state index contributed by atoms with van der Waals surface area (Å²) < 4.78 is 11.7. The quantitative estimate of drug-likeness (QED) is 0.356. The van der Waals surface area contributed by atoms with Crippen LogP contribution in [0.3, 0.4) is 0 Å². The molecule has 7 nitrogen and oxygen atoms in total. The number of halogens is 1. The van der Waals surface area contributed by atoms with Crippen LogP contribution >= 0.6 is 24.0 Å². The van der Waals surface area contributed by atoms with Crippen molar-refractivity contribution in [3.63, 3.8) is 0 Å². The maximum atomic E-state index is 12.0. The summed E-state index contributed by atoms with van der Waals surface area (Å²) in [5.41, 5.74) is 0. The Morgan fingerprint density at radius 2 is 1.85 bits per heavy atom. The van der Waals surface area contributed by atoms with E-state index in [0.29, 0.717) is 25.2 Å². The highest BCUT2D eigenvalue weighted by Gasteiger charge is 2.44. The largest absolute Gasteiger partial charge is 0.353 e. The van der Waals surface area contributed by atoms with E-state index in [-0.39, 0.29) is 42.5 Å². The van der Waals surface area contributed by atoms with Crippen molar-refractivity contribution in [2.75, 3.05) is 33.9 Å². The minimum absolute atomic E-state index is 0. The van der Waals surface area contributed by atoms with Crippen molar-refractivity contribution in [3.8, 4) is 0 Å². The molecule has 8 heteroatoms. The van der Waals surface area contributed by atoms with Crippen LogP contribution in [0.15, 0.2) is 4.99 Å². The summed E-state index contributed by atoms with van der Waals surface area (Å²) in [6, 6.07) is 0.673. The number of hydrogen-bond acceptors (Lipinski definition) is 4. The zero-order valence-corrected chi connectivity index (χ0v) is 19.2. The summed E-state index contributed by atoms with van der Waals surface area (Å²) in [7, 11) is 3.52. The van der Waals surface area contributed by atoms with Gasteiger partial charge in [0.25, 0.3) is 0 Å². The van der Waals surface area contributed by atoms with Gasteiger partial charge in [-0.1, -0.05) is 19.8 Å². The first kappa shape index (κ1) is 22.7. The molecule has 3 fully saturated rings. The summed E-state index contributed by atoms with van der Waals surface area (Å²) in [6.07, 6.45) is 7.69. The molecule has 1 saturated heterocycles. The van der Waals surface area contributed by atoms with Crippen LogP contribution in [0.25, 0.3) is 0 Å². The molecule has 1 spiro atoms. The number of aliphatic imine (C=N–C) groups is 1. The van der Waals surface area contributed by atoms with E-state index in [1.807, 2.05) is 0 Å². The van der Waals surface area contributed by atoms with Crippen LogP contribution in [-0.2, 0) is 14.3 Å². The fourth-order valence-corrected chi connectivity index (χ4v) is 4.18. The number of guanidine groups is 1. The lowest BCUT2D eigenvalue weighted by molar-refractivity contribution is -0.151. The number of nitrogens with zero attached hydrogens (tertiary/aromatic N) is 2. The molecule has 0 aromatic heterocycles. The van der Waals surface area contributed by atoms with Crippen LogP contribution in [0.1, 0.15) is 51.9 Å². The van der Waals surface area contributed by atoms with Gasteiger partial charge in [0.15, 0.2) is 11.7 Å². The fraction of sp³-hybridized carbons (Fsp3) is 0.895. The molecule has 1 heterocycles. The van der Waals surface area contributed by atoms with E-state index in [2.05, 4.69) is 22.5 Å². The highest BCUT2D eigenvalue weighted by atomic mass is 127. The summed E-state index contributed by atoms with van der Waals surface area (Å²) >= 11 is 0. The Morgan fingerprint density at radius 1 is 1.15 bits per heavy atom. The molecule has 0 bridgehead atoms. The van der Waals surface area contributed by atoms with Crippen LogP contribution < -0.4 is 10.6 Å². The second kappa shape index (κ2) is 10.2. The zero-order valence-electron chi connectivity index (χ0n) is 16.8. The van der Waals surface area contributed by atoms with E-state index in [0.717, 1.165) is 31.6 Å². The van der Waals surface area contributed by atoms with Crippen molar-refractivity contribution < 1.29 is 14.3 Å². The number of hydrogen-bond donors (Lipinski definition) is 2. The number of ether oxygens (including phenoxy) is 2. The van der Waals surface area contributed by atoms with Gasteiger partial charge in [-0.15, -0.1) is 24.0 Å². The van der Waals surface area contributed by atoms with Crippen LogP contribution in [0, 0.1) is 5.92 Å². The Labute approximate surface area is 180 Å². The third-order valence-corrected chi connectivity index (χ3v) is 5.89. The summed E-state index contributed by atoms with van der Waals surface area (Å²) in [5, 5.41) is 7.13. The summed E-state index contributed by atoms with van der Waals surface area (Å²) in [6.45, 7) is 3.82. The normalized spacial score (nSPS) is 30.0. The first-order valence-electron chi connectivity index (χ1n) is 10.0. The molecule has 2 aliphatic carbocycles. The average molecular weight is 494 g/mol. The van der Waals surface area contributed by atoms with E-state index in [4.69, 9.17) is 9.47 Å². The summed E-state index contributed by atoms with van der Waals surface area (Å²) in [5.74, 6) is 0.976. The third-order valence-electron chi connectivity index (χ3n) is 5.89. The minimum Gasteiger partial charge on any atom is -0.353 e. The monoisotopic (exact) mass is 494 g/mol. The van der Waals surface area contributed by atoms with Gasteiger partial charge < -0.3 is 25.0 Å². The van der Waals surface area contributed by atoms with Gasteiger partial charge in [0.1, 0.15) is 6.54 Å². The number of carbonyl (C=O) groups is 1. The number of nitrogens with one attached hydrogen (secondary N) is 2. The Bertz CT molecular complexity index is 523. The van der Waals surface area contributed by atoms with E-state index in [9.17, 15) is 4.79 Å². The number of amides is 1. The predicted molar refractivity (Wildman–Crippen MR) is 116 cm³/mol. The molecule has 3 aliphatic rings. The molecule has 2 saturated carbocycles. The second-order valence-corrected chi connectivity index (χ2v) is 8.16. The lowest BCUT2D eigenvalue weighted by atomic mass is 9.86. The van der Waals surface area contributed by atoms with Gasteiger partial charge in [-0.25, -0.2) is 4.99 Å². The predicted octanol–water partition coefficient (Wildman–Crippen LogP) is 2.10. The molecule has 0 aromatic rings. The van der Waals surface area contributed by atoms with Crippen molar-refractivity contribution in [2.45, 2.75) is 69.7 Å². The minimum atomic E-state index is -0.402. The second-order valence-electron chi connectivity index (χ2n) is 8.16. The molecule has 3 atom stereocenters. The summed E-state index contributed by atoms with van der Waals surface area (Å²) in [4.78, 5) is 18.1. The number of rotatable bonds is 4. The Morgan fingerprint density at radius 3 is 2.52 bits per heavy atom. The number of carbonyl (C=O) groups excluding carboxylic acids is 1. The lowest BCUT2D eigenvalue weighted by Crippen LogP contribution is -2.50. The molecule has 3 unspecified atom stereocenters. The fourth-order valence-electron chi connectivity index (χ4n) is 4.18. The van der Waals surface area contributed by atoms with Gasteiger partial charge in [0, 0.05) is 39.0 Å². The smallest absolute Gasteiger partial charge is 0.243 e. The number of likely N-dealkylation sites (N-methyl/N-ethyl adjacent to an activating group) is 1. The molecule has 1 amide bonds. The molecule has 156 valence electrons. The van der Waals surface area contributed by atoms with E-state index in [1.54, 1.807) is 19.0 Å². The molecule has 0 radical (unpaired) electrons. The van der Waals surface area contributed by atoms with Crippen LogP contribution in [0.5, 0.6) is 0 Å². The maximum Gasteiger partial charge on any atom is 0.243 e. The van der Waals surface area contributed by atoms with Gasteiger partial charge in [0.2, 0.25) is 5.91 Å². The zero-order chi connectivity index (χ0) is 18.6. The van der Waals surface area contributed by atoms with Gasteiger partial charge in [-0.3, -0.25) is 4.79 Å². The van der Waals surface area contributed by atoms with Crippen LogP contribution in [0.4, 0.5) is 0 Å². The standard InChI is InChI=1S/C19H34N4O3.HI/c1-14-6-4-5-7-16(14)22-18(20-13-17(24)23(2)3)21-15-8-9-19(12-15)25-10-11-26-19;/h14-16H,4-13H2,1-3H3,(H2,20,21,22);1H. The Kier molecular flexibility index (Phi) is 8.61. The van der Waals surface area contributed by atoms with Gasteiger partial charge in [-0.05, 0) is 25.2 Å². The highest BCUT2D eigenvalue weighted by molar-refractivity contribution is 14.0. The molecule has 0 aromatic carbocycles. The highest BCUT2D eigenvalue weighted by Crippen LogP contribution is 2.37. The van der Waals surface area contributed by atoms with E-state index >= 15 is 0 Å². The van der Waals surface area contributed by atoms with Crippen molar-refractivity contribution in [2.24, 2.45) is 10.9 Å². The molecule has 1 aliphatic heterocycles. The molecule has 2 N–H and O–H groups in total. The SMILES string of the molecule is CC1CCCCC1NC(=NCC(=O)N(C)C)NC1CCC2(C1)OCCO2.I. The molecule has 3 rings (SSSR count). The molecule has 27 heavy (non-hydrogen) atoms. The van der Waals surface area contributed by atoms with E-state index < -0.39 is 5.79 Å². The molecular formula is C19H35IN4O3. The van der Waals surface area contributed by atoms with Gasteiger partial charge in [0.05, 0.1) is 13.2 Å². The van der Waals surface area contributed by atoms with Gasteiger partial charge >= 0.3 is 0 Å². The third kappa shape index (κ3) is 6.19. The van der Waals surface area contributed by atoms with Crippen molar-refractivity contribution in [1.82, 2.24) is 15.5 Å². The average Bonchev–Trinajstić information content (AvgIpc) is 3.24. The van der Waals surface area contributed by atoms with E-state index in [1.165, 1.54) is 19.3 Å². The van der Waals surface area contributed by atoms with Crippen molar-refractivity contribution >= 4 is 35.8 Å². The van der Waals surface area contributed by atoms with Crippen LogP contribution in [0.2, 0.25) is 0 Å². The first-order chi connectivity index (χ1) is 12.5. The molecular weight excluding hydrogens is 459 g/mol. The lowest BCUT2D eigenvalue weighted by Gasteiger charge is -2.32. The first-order valence-corrected chi connectivity index (χ1v) is 10.0. The van der Waals surface area contributed by atoms with Crippen molar-refractivity contribution in [3.05, 3.63) is 0 Å². The maximum absolute atomic E-state index is 12.0. The van der Waals surface area contributed by atoms with Crippen molar-refractivity contribution in [1.29, 1.82) is 0 Å². The Hall–Kier alpha value is -0.610. The topological polar surface area (TPSA) is 75.2 Å². The Balaban J connectivity index is 0.00000261.